The van der Waals surface area contributed by atoms with E-state index in [2.05, 4.69) is 0 Å². The molecule has 1 atom stereocenters. The molecule has 2 rings (SSSR count). The molecule has 7 heteroatoms. The average Bonchev–Trinajstić information content (AvgIpc) is 2.45. The van der Waals surface area contributed by atoms with Gasteiger partial charge in [0.05, 0.1) is 12.3 Å². The van der Waals surface area contributed by atoms with Gasteiger partial charge in [-0.15, -0.1) is 0 Å². The fourth-order valence-corrected chi connectivity index (χ4v) is 5.30. The van der Waals surface area contributed by atoms with Crippen molar-refractivity contribution in [3.8, 4) is 5.75 Å². The van der Waals surface area contributed by atoms with Crippen molar-refractivity contribution in [3.63, 3.8) is 0 Å². The number of hydrogen-bond acceptors (Lipinski definition) is 6. The highest BCUT2D eigenvalue weighted by Gasteiger charge is 2.30. The predicted octanol–water partition coefficient (Wildman–Crippen LogP) is 1.46. The number of benzene rings is 1. The zero-order valence-electron chi connectivity index (χ0n) is 12.2. The van der Waals surface area contributed by atoms with Gasteiger partial charge in [-0.2, -0.15) is 11.8 Å². The van der Waals surface area contributed by atoms with Crippen molar-refractivity contribution in [3.05, 3.63) is 24.3 Å². The van der Waals surface area contributed by atoms with Gasteiger partial charge >= 0.3 is 0 Å². The van der Waals surface area contributed by atoms with Gasteiger partial charge in [-0.1, -0.05) is 12.1 Å². The maximum absolute atomic E-state index is 11.8. The van der Waals surface area contributed by atoms with Crippen molar-refractivity contribution in [1.29, 1.82) is 0 Å². The lowest BCUT2D eigenvalue weighted by Gasteiger charge is -2.33. The molecule has 1 saturated heterocycles. The molecule has 0 radical (unpaired) electrons. The van der Waals surface area contributed by atoms with Crippen molar-refractivity contribution < 1.29 is 13.2 Å². The van der Waals surface area contributed by atoms with E-state index in [1.807, 2.05) is 23.1 Å². The van der Waals surface area contributed by atoms with Gasteiger partial charge in [0, 0.05) is 30.9 Å². The first-order chi connectivity index (χ1) is 9.98. The minimum absolute atomic E-state index is 0.363. The average molecular weight is 330 g/mol. The Bertz CT molecular complexity index is 563. The number of nitrogen functional groups attached to an aromatic ring is 1. The van der Waals surface area contributed by atoms with Crippen LogP contribution >= 0.6 is 11.8 Å². The van der Waals surface area contributed by atoms with Crippen molar-refractivity contribution >= 4 is 27.3 Å². The van der Waals surface area contributed by atoms with Crippen molar-refractivity contribution in [2.75, 3.05) is 43.2 Å². The molecule has 1 aromatic rings. The van der Waals surface area contributed by atoms with E-state index in [1.54, 1.807) is 17.8 Å². The molecule has 1 unspecified atom stereocenters. The second kappa shape index (κ2) is 7.38. The molecule has 1 aromatic carbocycles. The van der Waals surface area contributed by atoms with Crippen molar-refractivity contribution in [2.45, 2.75) is 11.8 Å². The van der Waals surface area contributed by atoms with Crippen LogP contribution in [0.5, 0.6) is 5.75 Å². The molecule has 1 fully saturated rings. The lowest BCUT2D eigenvalue weighted by atomic mass is 10.3. The SMILES string of the molecule is CS(=O)(=O)C1CSCCN1CCCOc1ccccc1N. The molecule has 0 saturated carbocycles. The summed E-state index contributed by atoms with van der Waals surface area (Å²) >= 11 is 1.70. The summed E-state index contributed by atoms with van der Waals surface area (Å²) in [5.41, 5.74) is 6.43. The lowest BCUT2D eigenvalue weighted by molar-refractivity contribution is 0.232. The summed E-state index contributed by atoms with van der Waals surface area (Å²) in [6.07, 6.45) is 2.10. The number of para-hydroxylation sites is 2. The maximum Gasteiger partial charge on any atom is 0.164 e. The second-order valence-electron chi connectivity index (χ2n) is 5.13. The molecule has 0 aliphatic carbocycles. The molecular weight excluding hydrogens is 308 g/mol. The first kappa shape index (κ1) is 16.5. The van der Waals surface area contributed by atoms with Crippen LogP contribution in [0.1, 0.15) is 6.42 Å². The normalized spacial score (nSPS) is 20.3. The Kier molecular flexibility index (Phi) is 5.78. The van der Waals surface area contributed by atoms with Crippen LogP contribution in [0.2, 0.25) is 0 Å². The molecule has 1 heterocycles. The quantitative estimate of drug-likeness (QED) is 0.629. The first-order valence-corrected chi connectivity index (χ1v) is 10.1. The molecule has 5 nitrogen and oxygen atoms in total. The van der Waals surface area contributed by atoms with Gasteiger partial charge in [-0.05, 0) is 18.6 Å². The number of hydrogen-bond donors (Lipinski definition) is 1. The van der Waals surface area contributed by atoms with Gasteiger partial charge in [-0.3, -0.25) is 4.90 Å². The topological polar surface area (TPSA) is 72.6 Å². The van der Waals surface area contributed by atoms with E-state index in [9.17, 15) is 8.42 Å². The highest BCUT2D eigenvalue weighted by atomic mass is 32.2. The fourth-order valence-electron chi connectivity index (χ4n) is 2.33. The van der Waals surface area contributed by atoms with Gasteiger partial charge in [0.15, 0.2) is 9.84 Å². The Morgan fingerprint density at radius 1 is 1.43 bits per heavy atom. The van der Waals surface area contributed by atoms with Gasteiger partial charge in [-0.25, -0.2) is 8.42 Å². The monoisotopic (exact) mass is 330 g/mol. The fraction of sp³-hybridized carbons (Fsp3) is 0.571. The molecule has 1 aliphatic rings. The van der Waals surface area contributed by atoms with Crippen LogP contribution in [-0.2, 0) is 9.84 Å². The number of rotatable bonds is 6. The summed E-state index contributed by atoms with van der Waals surface area (Å²) in [7, 11) is -3.03. The van der Waals surface area contributed by atoms with Crippen molar-refractivity contribution in [2.24, 2.45) is 0 Å². The van der Waals surface area contributed by atoms with E-state index in [4.69, 9.17) is 10.5 Å². The van der Waals surface area contributed by atoms with Crippen molar-refractivity contribution in [1.82, 2.24) is 4.90 Å². The molecule has 1 aliphatic heterocycles. The number of nitrogens with zero attached hydrogens (tertiary/aromatic N) is 1. The Labute approximate surface area is 130 Å². The van der Waals surface area contributed by atoms with E-state index < -0.39 is 9.84 Å². The molecule has 0 aromatic heterocycles. The summed E-state index contributed by atoms with van der Waals surface area (Å²) in [5, 5.41) is -0.363. The zero-order chi connectivity index (χ0) is 15.3. The molecule has 118 valence electrons. The molecule has 0 spiro atoms. The molecule has 21 heavy (non-hydrogen) atoms. The summed E-state index contributed by atoms with van der Waals surface area (Å²) in [4.78, 5) is 2.05. The number of nitrogens with two attached hydrogens (primary N) is 1. The maximum atomic E-state index is 11.8. The van der Waals surface area contributed by atoms with E-state index in [1.165, 1.54) is 6.26 Å². The highest BCUT2D eigenvalue weighted by Crippen LogP contribution is 2.22. The molecule has 0 bridgehead atoms. The van der Waals surface area contributed by atoms with Crippen LogP contribution in [0.25, 0.3) is 0 Å². The van der Waals surface area contributed by atoms with E-state index in [0.29, 0.717) is 23.8 Å². The summed E-state index contributed by atoms with van der Waals surface area (Å²) in [6, 6.07) is 7.39. The minimum Gasteiger partial charge on any atom is -0.491 e. The number of anilines is 1. The van der Waals surface area contributed by atoms with Crippen LogP contribution in [0.3, 0.4) is 0 Å². The summed E-state index contributed by atoms with van der Waals surface area (Å²) in [6.45, 7) is 2.08. The van der Waals surface area contributed by atoms with E-state index in [-0.39, 0.29) is 5.37 Å². The largest absolute Gasteiger partial charge is 0.491 e. The van der Waals surface area contributed by atoms with Crippen LogP contribution in [-0.4, -0.2) is 56.1 Å². The van der Waals surface area contributed by atoms with Gasteiger partial charge in [0.2, 0.25) is 0 Å². The first-order valence-electron chi connectivity index (χ1n) is 6.96. The Hall–Kier alpha value is -0.920. The number of sulfone groups is 1. The Morgan fingerprint density at radius 2 is 2.19 bits per heavy atom. The van der Waals surface area contributed by atoms with Crippen LogP contribution in [0.15, 0.2) is 24.3 Å². The van der Waals surface area contributed by atoms with Crippen LogP contribution < -0.4 is 10.5 Å². The van der Waals surface area contributed by atoms with Crippen LogP contribution in [0.4, 0.5) is 5.69 Å². The third-order valence-electron chi connectivity index (χ3n) is 3.45. The third-order valence-corrected chi connectivity index (χ3v) is 6.14. The Balaban J connectivity index is 1.81. The smallest absolute Gasteiger partial charge is 0.164 e. The predicted molar refractivity (Wildman–Crippen MR) is 88.5 cm³/mol. The summed E-state index contributed by atoms with van der Waals surface area (Å²) in [5.74, 6) is 2.33. The van der Waals surface area contributed by atoms with E-state index >= 15 is 0 Å². The number of ether oxygens (including phenoxy) is 1. The zero-order valence-corrected chi connectivity index (χ0v) is 13.8. The molecule has 2 N–H and O–H groups in total. The van der Waals surface area contributed by atoms with Gasteiger partial charge in [0.25, 0.3) is 0 Å². The molecule has 0 amide bonds. The molecular formula is C14H22N2O3S2. The summed E-state index contributed by atoms with van der Waals surface area (Å²) < 4.78 is 29.2. The second-order valence-corrected chi connectivity index (χ2v) is 8.49. The number of thioether (sulfide) groups is 1. The Morgan fingerprint density at radius 3 is 2.90 bits per heavy atom. The standard InChI is InChI=1S/C14H22N2O3S2/c1-21(17,18)14-11-20-10-8-16(14)7-4-9-19-13-6-3-2-5-12(13)15/h2-3,5-6,14H,4,7-11,15H2,1H3. The van der Waals surface area contributed by atoms with Crippen LogP contribution in [0, 0.1) is 0 Å². The highest BCUT2D eigenvalue weighted by molar-refractivity contribution is 8.00. The third kappa shape index (κ3) is 4.79. The lowest BCUT2D eigenvalue weighted by Crippen LogP contribution is -2.47. The van der Waals surface area contributed by atoms with E-state index in [0.717, 1.165) is 25.3 Å². The van der Waals surface area contributed by atoms with Gasteiger partial charge < -0.3 is 10.5 Å². The van der Waals surface area contributed by atoms with Gasteiger partial charge in [0.1, 0.15) is 11.1 Å². The minimum atomic E-state index is -3.03.